The molecule has 1 saturated heterocycles. The number of methoxy groups -OCH3 is 1. The van der Waals surface area contributed by atoms with Crippen LogP contribution in [0.15, 0.2) is 53.0 Å². The van der Waals surface area contributed by atoms with Gasteiger partial charge in [-0.15, -0.1) is 0 Å². The van der Waals surface area contributed by atoms with E-state index in [1.807, 2.05) is 48.5 Å². The van der Waals surface area contributed by atoms with Crippen LogP contribution in [-0.4, -0.2) is 26.1 Å². The third kappa shape index (κ3) is 3.57. The number of ether oxygens (including phenoxy) is 1. The molecule has 23 heavy (non-hydrogen) atoms. The van der Waals surface area contributed by atoms with Crippen LogP contribution in [0.3, 0.4) is 0 Å². The van der Waals surface area contributed by atoms with Gasteiger partial charge in [0, 0.05) is 13.1 Å². The molecule has 1 atom stereocenters. The standard InChI is InChI=1S/C18H19BrN2O2/c1-23-16-8-7-13(9-15(16)19)17(12-5-3-2-4-6-12)21-18(22)14-10-20-11-14/h2-9,14,17,20H,10-11H2,1H3,(H,21,22). The highest BCUT2D eigenvalue weighted by Gasteiger charge is 2.27. The first kappa shape index (κ1) is 16.0. The minimum Gasteiger partial charge on any atom is -0.496 e. The molecule has 0 saturated carbocycles. The molecular formula is C18H19BrN2O2. The van der Waals surface area contributed by atoms with E-state index in [4.69, 9.17) is 4.74 Å². The highest BCUT2D eigenvalue weighted by atomic mass is 79.9. The van der Waals surface area contributed by atoms with Crippen molar-refractivity contribution in [1.82, 2.24) is 10.6 Å². The minimum atomic E-state index is -0.175. The summed E-state index contributed by atoms with van der Waals surface area (Å²) in [5, 5.41) is 6.31. The zero-order valence-electron chi connectivity index (χ0n) is 12.9. The summed E-state index contributed by atoms with van der Waals surface area (Å²) < 4.78 is 6.16. The number of hydrogen-bond acceptors (Lipinski definition) is 3. The summed E-state index contributed by atoms with van der Waals surface area (Å²) in [4.78, 5) is 12.4. The van der Waals surface area contributed by atoms with Gasteiger partial charge < -0.3 is 15.4 Å². The van der Waals surface area contributed by atoms with Gasteiger partial charge in [0.15, 0.2) is 0 Å². The normalized spacial score (nSPS) is 15.6. The van der Waals surface area contributed by atoms with Gasteiger partial charge >= 0.3 is 0 Å². The van der Waals surface area contributed by atoms with Crippen molar-refractivity contribution in [3.05, 3.63) is 64.1 Å². The Hall–Kier alpha value is -1.85. The molecule has 0 spiro atoms. The van der Waals surface area contributed by atoms with Gasteiger partial charge in [-0.05, 0) is 39.2 Å². The Morgan fingerprint density at radius 1 is 1.22 bits per heavy atom. The predicted octanol–water partition coefficient (Wildman–Crippen LogP) is 2.88. The molecule has 0 radical (unpaired) electrons. The van der Waals surface area contributed by atoms with Gasteiger partial charge in [0.1, 0.15) is 5.75 Å². The van der Waals surface area contributed by atoms with E-state index in [-0.39, 0.29) is 17.9 Å². The largest absolute Gasteiger partial charge is 0.496 e. The number of carbonyl (C=O) groups is 1. The summed E-state index contributed by atoms with van der Waals surface area (Å²) in [7, 11) is 1.64. The molecule has 2 aromatic rings. The Kier molecular flexibility index (Phi) is 4.98. The zero-order chi connectivity index (χ0) is 16.2. The lowest BCUT2D eigenvalue weighted by Crippen LogP contribution is -2.51. The molecule has 1 unspecified atom stereocenters. The van der Waals surface area contributed by atoms with Crippen LogP contribution in [0.4, 0.5) is 0 Å². The van der Waals surface area contributed by atoms with Gasteiger partial charge in [-0.2, -0.15) is 0 Å². The molecule has 0 bridgehead atoms. The number of halogens is 1. The fraction of sp³-hybridized carbons (Fsp3) is 0.278. The smallest absolute Gasteiger partial charge is 0.226 e. The van der Waals surface area contributed by atoms with E-state index in [1.54, 1.807) is 7.11 Å². The van der Waals surface area contributed by atoms with E-state index >= 15 is 0 Å². The highest BCUT2D eigenvalue weighted by Crippen LogP contribution is 2.31. The Morgan fingerprint density at radius 2 is 1.96 bits per heavy atom. The lowest BCUT2D eigenvalue weighted by Gasteiger charge is -2.29. The molecule has 1 fully saturated rings. The monoisotopic (exact) mass is 374 g/mol. The molecule has 3 rings (SSSR count). The maximum Gasteiger partial charge on any atom is 0.226 e. The summed E-state index contributed by atoms with van der Waals surface area (Å²) in [6.45, 7) is 1.50. The molecule has 120 valence electrons. The van der Waals surface area contributed by atoms with E-state index in [0.29, 0.717) is 0 Å². The molecule has 1 aliphatic heterocycles. The van der Waals surface area contributed by atoms with Crippen molar-refractivity contribution >= 4 is 21.8 Å². The molecule has 4 nitrogen and oxygen atoms in total. The second kappa shape index (κ2) is 7.15. The molecule has 1 heterocycles. The summed E-state index contributed by atoms with van der Waals surface area (Å²) in [5.41, 5.74) is 2.08. The first-order valence-electron chi connectivity index (χ1n) is 7.58. The Bertz CT molecular complexity index is 687. The second-order valence-electron chi connectivity index (χ2n) is 5.60. The Labute approximate surface area is 144 Å². The fourth-order valence-electron chi connectivity index (χ4n) is 2.60. The Morgan fingerprint density at radius 3 is 2.52 bits per heavy atom. The molecule has 2 N–H and O–H groups in total. The third-order valence-electron chi connectivity index (χ3n) is 4.08. The van der Waals surface area contributed by atoms with Crippen molar-refractivity contribution in [2.24, 2.45) is 5.92 Å². The minimum absolute atomic E-state index is 0.0582. The molecule has 1 aliphatic rings. The predicted molar refractivity (Wildman–Crippen MR) is 93.5 cm³/mol. The van der Waals surface area contributed by atoms with Crippen LogP contribution in [-0.2, 0) is 4.79 Å². The fourth-order valence-corrected chi connectivity index (χ4v) is 3.16. The van der Waals surface area contributed by atoms with Crippen molar-refractivity contribution in [3.63, 3.8) is 0 Å². The SMILES string of the molecule is COc1ccc(C(NC(=O)C2CNC2)c2ccccc2)cc1Br. The number of benzene rings is 2. The van der Waals surface area contributed by atoms with Crippen molar-refractivity contribution in [1.29, 1.82) is 0 Å². The van der Waals surface area contributed by atoms with Crippen molar-refractivity contribution in [2.75, 3.05) is 20.2 Å². The summed E-state index contributed by atoms with van der Waals surface area (Å²) in [6.07, 6.45) is 0. The van der Waals surface area contributed by atoms with E-state index < -0.39 is 0 Å². The van der Waals surface area contributed by atoms with Crippen LogP contribution < -0.4 is 15.4 Å². The van der Waals surface area contributed by atoms with Gasteiger partial charge in [-0.3, -0.25) is 4.79 Å². The molecule has 1 amide bonds. The van der Waals surface area contributed by atoms with Crippen LogP contribution >= 0.6 is 15.9 Å². The van der Waals surface area contributed by atoms with Crippen LogP contribution in [0.1, 0.15) is 17.2 Å². The van der Waals surface area contributed by atoms with Gasteiger partial charge in [-0.25, -0.2) is 0 Å². The molecule has 0 aliphatic carbocycles. The van der Waals surface area contributed by atoms with Crippen molar-refractivity contribution < 1.29 is 9.53 Å². The molecule has 2 aromatic carbocycles. The number of amides is 1. The Balaban J connectivity index is 1.91. The molecular weight excluding hydrogens is 356 g/mol. The maximum absolute atomic E-state index is 12.4. The first-order valence-corrected chi connectivity index (χ1v) is 8.38. The van der Waals surface area contributed by atoms with Crippen LogP contribution in [0.2, 0.25) is 0 Å². The number of rotatable bonds is 5. The van der Waals surface area contributed by atoms with E-state index in [1.165, 1.54) is 0 Å². The summed E-state index contributed by atoms with van der Waals surface area (Å²) in [5.74, 6) is 0.919. The zero-order valence-corrected chi connectivity index (χ0v) is 14.5. The van der Waals surface area contributed by atoms with E-state index in [0.717, 1.165) is 34.4 Å². The molecule has 5 heteroatoms. The third-order valence-corrected chi connectivity index (χ3v) is 4.70. The van der Waals surface area contributed by atoms with Gasteiger partial charge in [0.25, 0.3) is 0 Å². The van der Waals surface area contributed by atoms with Gasteiger partial charge in [-0.1, -0.05) is 36.4 Å². The summed E-state index contributed by atoms with van der Waals surface area (Å²) in [6, 6.07) is 15.7. The first-order chi connectivity index (χ1) is 11.2. The van der Waals surface area contributed by atoms with Crippen LogP contribution in [0, 0.1) is 5.92 Å². The number of carbonyl (C=O) groups excluding carboxylic acids is 1. The maximum atomic E-state index is 12.4. The van der Waals surface area contributed by atoms with E-state index in [2.05, 4.69) is 26.6 Å². The van der Waals surface area contributed by atoms with Crippen molar-refractivity contribution in [2.45, 2.75) is 6.04 Å². The lowest BCUT2D eigenvalue weighted by atomic mass is 9.96. The number of hydrogen-bond donors (Lipinski definition) is 2. The van der Waals surface area contributed by atoms with Crippen LogP contribution in [0.5, 0.6) is 5.75 Å². The second-order valence-corrected chi connectivity index (χ2v) is 6.46. The molecule has 0 aromatic heterocycles. The van der Waals surface area contributed by atoms with E-state index in [9.17, 15) is 4.79 Å². The highest BCUT2D eigenvalue weighted by molar-refractivity contribution is 9.10. The quantitative estimate of drug-likeness (QED) is 0.845. The van der Waals surface area contributed by atoms with Crippen molar-refractivity contribution in [3.8, 4) is 5.75 Å². The van der Waals surface area contributed by atoms with Crippen LogP contribution in [0.25, 0.3) is 0 Å². The lowest BCUT2D eigenvalue weighted by molar-refractivity contribution is -0.126. The topological polar surface area (TPSA) is 50.4 Å². The average molecular weight is 375 g/mol. The van der Waals surface area contributed by atoms with Gasteiger partial charge in [0.2, 0.25) is 5.91 Å². The number of nitrogens with one attached hydrogen (secondary N) is 2. The average Bonchev–Trinajstić information content (AvgIpc) is 2.51. The summed E-state index contributed by atoms with van der Waals surface area (Å²) >= 11 is 3.52. The van der Waals surface area contributed by atoms with Gasteiger partial charge in [0.05, 0.1) is 23.5 Å².